The molecule has 8 nitrogen and oxygen atoms in total. The minimum absolute atomic E-state index is 0.542. The van der Waals surface area contributed by atoms with E-state index in [4.69, 9.17) is 4.42 Å². The molecule has 1 N–H and O–H groups in total. The van der Waals surface area contributed by atoms with E-state index in [-0.39, 0.29) is 0 Å². The number of nitrogens with zero attached hydrogens (tertiary/aromatic N) is 6. The molecule has 0 spiro atoms. The molecular formula is C19H23N7O. The lowest BCUT2D eigenvalue weighted by Gasteiger charge is -2.23. The minimum Gasteiger partial charge on any atom is -0.421 e. The van der Waals surface area contributed by atoms with Crippen molar-refractivity contribution in [3.8, 4) is 11.5 Å². The Balaban J connectivity index is 1.63. The monoisotopic (exact) mass is 365 g/mol. The summed E-state index contributed by atoms with van der Waals surface area (Å²) in [5.41, 5.74) is 3.14. The fourth-order valence-corrected chi connectivity index (χ4v) is 3.21. The number of rotatable bonds is 4. The topological polar surface area (TPSA) is 83.2 Å². The molecule has 0 radical (unpaired) electrons. The summed E-state index contributed by atoms with van der Waals surface area (Å²) in [7, 11) is 2.07. The van der Waals surface area contributed by atoms with Crippen molar-refractivity contribution in [2.45, 2.75) is 20.4 Å². The summed E-state index contributed by atoms with van der Waals surface area (Å²) in [4.78, 5) is 13.6. The fraction of sp³-hybridized carbons (Fsp3) is 0.368. The SMILES string of the molecule is CCNc1ncc2c(n1)N(C)CCN(c1cccc(-c3nnc(C)o3)c1)C2. The third kappa shape index (κ3) is 3.55. The third-order valence-corrected chi connectivity index (χ3v) is 4.59. The largest absolute Gasteiger partial charge is 0.421 e. The molecule has 3 heterocycles. The molecule has 0 unspecified atom stereocenters. The average molecular weight is 365 g/mol. The normalized spacial score (nSPS) is 14.0. The number of aromatic nitrogens is 4. The maximum atomic E-state index is 5.57. The second kappa shape index (κ2) is 7.22. The second-order valence-corrected chi connectivity index (χ2v) is 6.59. The lowest BCUT2D eigenvalue weighted by Crippen LogP contribution is -2.29. The Morgan fingerprint density at radius 2 is 2.11 bits per heavy atom. The first-order valence-electron chi connectivity index (χ1n) is 9.10. The summed E-state index contributed by atoms with van der Waals surface area (Å²) < 4.78 is 5.57. The van der Waals surface area contributed by atoms with E-state index in [1.807, 2.05) is 25.3 Å². The first-order chi connectivity index (χ1) is 13.1. The molecule has 0 saturated carbocycles. The van der Waals surface area contributed by atoms with Gasteiger partial charge < -0.3 is 19.5 Å². The van der Waals surface area contributed by atoms with Gasteiger partial charge in [0, 0.05) is 63.2 Å². The quantitative estimate of drug-likeness (QED) is 0.756. The minimum atomic E-state index is 0.542. The van der Waals surface area contributed by atoms with Crippen molar-refractivity contribution in [2.75, 3.05) is 41.8 Å². The molecule has 2 aromatic heterocycles. The predicted octanol–water partition coefficient (Wildman–Crippen LogP) is 2.72. The van der Waals surface area contributed by atoms with Crippen LogP contribution in [0.5, 0.6) is 0 Å². The average Bonchev–Trinajstić information content (AvgIpc) is 3.05. The van der Waals surface area contributed by atoms with Gasteiger partial charge in [0.15, 0.2) is 0 Å². The van der Waals surface area contributed by atoms with E-state index in [0.29, 0.717) is 17.7 Å². The molecule has 1 aromatic carbocycles. The van der Waals surface area contributed by atoms with Crippen LogP contribution in [0.4, 0.5) is 17.5 Å². The highest BCUT2D eigenvalue weighted by atomic mass is 16.4. The van der Waals surface area contributed by atoms with Gasteiger partial charge in [-0.1, -0.05) is 6.07 Å². The molecule has 1 aliphatic heterocycles. The summed E-state index contributed by atoms with van der Waals surface area (Å²) in [6.07, 6.45) is 1.92. The first kappa shape index (κ1) is 17.3. The van der Waals surface area contributed by atoms with Gasteiger partial charge in [-0.25, -0.2) is 4.98 Å². The number of hydrogen-bond acceptors (Lipinski definition) is 8. The van der Waals surface area contributed by atoms with E-state index in [9.17, 15) is 0 Å². The molecule has 1 aliphatic rings. The molecule has 0 bridgehead atoms. The van der Waals surface area contributed by atoms with Crippen molar-refractivity contribution in [1.82, 2.24) is 20.2 Å². The van der Waals surface area contributed by atoms with Crippen LogP contribution in [0.15, 0.2) is 34.9 Å². The summed E-state index contributed by atoms with van der Waals surface area (Å²) in [6.45, 7) is 7.14. The summed E-state index contributed by atoms with van der Waals surface area (Å²) in [5, 5.41) is 11.2. The number of anilines is 3. The van der Waals surface area contributed by atoms with Crippen molar-refractivity contribution < 1.29 is 4.42 Å². The number of fused-ring (bicyclic) bond motifs is 1. The Kier molecular flexibility index (Phi) is 4.62. The van der Waals surface area contributed by atoms with Crippen LogP contribution in [0.1, 0.15) is 18.4 Å². The van der Waals surface area contributed by atoms with Gasteiger partial charge in [-0.3, -0.25) is 0 Å². The van der Waals surface area contributed by atoms with Gasteiger partial charge in [-0.15, -0.1) is 10.2 Å². The van der Waals surface area contributed by atoms with E-state index >= 15 is 0 Å². The van der Waals surface area contributed by atoms with Crippen LogP contribution >= 0.6 is 0 Å². The molecule has 3 aromatic rings. The number of benzene rings is 1. The van der Waals surface area contributed by atoms with Crippen LogP contribution in [-0.4, -0.2) is 46.8 Å². The zero-order chi connectivity index (χ0) is 18.8. The summed E-state index contributed by atoms with van der Waals surface area (Å²) >= 11 is 0. The van der Waals surface area contributed by atoms with E-state index in [1.165, 1.54) is 0 Å². The van der Waals surface area contributed by atoms with Crippen molar-refractivity contribution in [1.29, 1.82) is 0 Å². The van der Waals surface area contributed by atoms with Crippen LogP contribution in [-0.2, 0) is 6.54 Å². The van der Waals surface area contributed by atoms with Crippen molar-refractivity contribution >= 4 is 17.5 Å². The lowest BCUT2D eigenvalue weighted by atomic mass is 10.1. The fourth-order valence-electron chi connectivity index (χ4n) is 3.21. The predicted molar refractivity (Wildman–Crippen MR) is 105 cm³/mol. The van der Waals surface area contributed by atoms with Gasteiger partial charge >= 0.3 is 0 Å². The molecule has 0 amide bonds. The molecule has 27 heavy (non-hydrogen) atoms. The smallest absolute Gasteiger partial charge is 0.247 e. The highest BCUT2D eigenvalue weighted by molar-refractivity contribution is 5.63. The molecular weight excluding hydrogens is 342 g/mol. The van der Waals surface area contributed by atoms with Crippen LogP contribution in [0, 0.1) is 6.92 Å². The Morgan fingerprint density at radius 3 is 2.89 bits per heavy atom. The van der Waals surface area contributed by atoms with E-state index in [2.05, 4.69) is 54.5 Å². The molecule has 0 aliphatic carbocycles. The second-order valence-electron chi connectivity index (χ2n) is 6.59. The van der Waals surface area contributed by atoms with Crippen LogP contribution < -0.4 is 15.1 Å². The first-order valence-corrected chi connectivity index (χ1v) is 9.10. The van der Waals surface area contributed by atoms with Crippen molar-refractivity contribution in [3.05, 3.63) is 41.9 Å². The number of nitrogens with one attached hydrogen (secondary N) is 1. The molecule has 4 rings (SSSR count). The third-order valence-electron chi connectivity index (χ3n) is 4.59. The van der Waals surface area contributed by atoms with Gasteiger partial charge in [-0.05, 0) is 25.1 Å². The van der Waals surface area contributed by atoms with E-state index < -0.39 is 0 Å². The summed E-state index contributed by atoms with van der Waals surface area (Å²) in [5.74, 6) is 2.76. The van der Waals surface area contributed by atoms with E-state index in [0.717, 1.165) is 48.8 Å². The molecule has 140 valence electrons. The number of likely N-dealkylation sites (N-methyl/N-ethyl adjacent to an activating group) is 1. The standard InChI is InChI=1S/C19H23N7O/c1-4-20-19-21-11-15-12-26(9-8-25(3)17(15)22-19)16-7-5-6-14(10-16)18-24-23-13(2)27-18/h5-7,10-11H,4,8-9,12H2,1-3H3,(H,20,21,22). The lowest BCUT2D eigenvalue weighted by molar-refractivity contribution is 0.533. The Bertz CT molecular complexity index is 939. The van der Waals surface area contributed by atoms with Gasteiger partial charge in [-0.2, -0.15) is 4.98 Å². The van der Waals surface area contributed by atoms with Gasteiger partial charge in [0.1, 0.15) is 5.82 Å². The highest BCUT2D eigenvalue weighted by Gasteiger charge is 2.21. The van der Waals surface area contributed by atoms with Crippen molar-refractivity contribution in [2.24, 2.45) is 0 Å². The molecule has 0 atom stereocenters. The number of aryl methyl sites for hydroxylation is 1. The van der Waals surface area contributed by atoms with Crippen LogP contribution in [0.3, 0.4) is 0 Å². The summed E-state index contributed by atoms with van der Waals surface area (Å²) in [6, 6.07) is 8.20. The van der Waals surface area contributed by atoms with Gasteiger partial charge in [0.25, 0.3) is 0 Å². The molecule has 0 saturated heterocycles. The van der Waals surface area contributed by atoms with E-state index in [1.54, 1.807) is 6.92 Å². The molecule has 0 fully saturated rings. The van der Waals surface area contributed by atoms with Crippen molar-refractivity contribution in [3.63, 3.8) is 0 Å². The zero-order valence-electron chi connectivity index (χ0n) is 15.8. The Hall–Kier alpha value is -3.16. The Labute approximate surface area is 158 Å². The van der Waals surface area contributed by atoms with Crippen LogP contribution in [0.25, 0.3) is 11.5 Å². The Morgan fingerprint density at radius 1 is 1.22 bits per heavy atom. The highest BCUT2D eigenvalue weighted by Crippen LogP contribution is 2.28. The van der Waals surface area contributed by atoms with Crippen LogP contribution in [0.2, 0.25) is 0 Å². The van der Waals surface area contributed by atoms with Gasteiger partial charge in [0.05, 0.1) is 0 Å². The molecule has 8 heteroatoms. The maximum Gasteiger partial charge on any atom is 0.247 e. The van der Waals surface area contributed by atoms with Gasteiger partial charge in [0.2, 0.25) is 17.7 Å². The maximum absolute atomic E-state index is 5.57. The number of hydrogen-bond donors (Lipinski definition) is 1. The zero-order valence-corrected chi connectivity index (χ0v) is 15.8.